The molecule has 7 nitrogen and oxygen atoms in total. The van der Waals surface area contributed by atoms with Crippen LogP contribution in [0.1, 0.15) is 53.9 Å². The monoisotopic (exact) mass is 365 g/mol. The molecule has 0 spiro atoms. The summed E-state index contributed by atoms with van der Waals surface area (Å²) in [5, 5.41) is 9.82. The van der Waals surface area contributed by atoms with Crippen LogP contribution in [0.25, 0.3) is 0 Å². The van der Waals surface area contributed by atoms with Crippen molar-refractivity contribution < 1.29 is 28.6 Å². The van der Waals surface area contributed by atoms with Gasteiger partial charge in [-0.05, 0) is 18.3 Å². The first-order chi connectivity index (χ1) is 12.1. The Morgan fingerprint density at radius 2 is 1.88 bits per heavy atom. The van der Waals surface area contributed by atoms with Gasteiger partial charge in [-0.3, -0.25) is 14.4 Å². The summed E-state index contributed by atoms with van der Waals surface area (Å²) in [6.45, 7) is 8.39. The van der Waals surface area contributed by atoms with E-state index in [9.17, 15) is 19.6 Å². The molecule has 6 atom stereocenters. The summed E-state index contributed by atoms with van der Waals surface area (Å²) >= 11 is 0. The van der Waals surface area contributed by atoms with Crippen LogP contribution in [0, 0.1) is 40.4 Å². The predicted octanol–water partition coefficient (Wildman–Crippen LogP) is 2.58. The number of carbonyl (C=O) groups is 3. The van der Waals surface area contributed by atoms with Crippen LogP contribution in [-0.4, -0.2) is 30.3 Å². The second-order valence-corrected chi connectivity index (χ2v) is 7.93. The molecule has 1 saturated heterocycles. The quantitative estimate of drug-likeness (QED) is 0.708. The predicted molar refractivity (Wildman–Crippen MR) is 90.1 cm³/mol. The number of Topliss-reactive ketones (excluding diaryl/α,β-unsaturated/α-hetero) is 1. The fourth-order valence-corrected chi connectivity index (χ4v) is 4.21. The molecule has 0 bridgehead atoms. The molecular formula is C19H27NO6. The molecule has 0 aromatic carbocycles. The Labute approximate surface area is 154 Å². The molecule has 26 heavy (non-hydrogen) atoms. The summed E-state index contributed by atoms with van der Waals surface area (Å²) in [5.74, 6) is -2.08. The average molecular weight is 365 g/mol. The highest BCUT2D eigenvalue weighted by Gasteiger charge is 2.58. The number of nitriles is 1. The smallest absolute Gasteiger partial charge is 0.304 e. The van der Waals surface area contributed by atoms with Crippen LogP contribution < -0.4 is 0 Å². The van der Waals surface area contributed by atoms with Gasteiger partial charge in [0.1, 0.15) is 5.78 Å². The number of ether oxygens (including phenoxy) is 3. The molecule has 0 aromatic heterocycles. The molecule has 0 amide bonds. The zero-order chi connectivity index (χ0) is 19.6. The van der Waals surface area contributed by atoms with Crippen molar-refractivity contribution in [2.45, 2.75) is 66.5 Å². The van der Waals surface area contributed by atoms with Crippen molar-refractivity contribution in [1.82, 2.24) is 0 Å². The minimum Gasteiger partial charge on any atom is -0.436 e. The van der Waals surface area contributed by atoms with Gasteiger partial charge in [0, 0.05) is 32.1 Å². The highest BCUT2D eigenvalue weighted by molar-refractivity contribution is 5.83. The lowest BCUT2D eigenvalue weighted by Gasteiger charge is -2.47. The van der Waals surface area contributed by atoms with Crippen LogP contribution in [-0.2, 0) is 28.6 Å². The van der Waals surface area contributed by atoms with E-state index >= 15 is 0 Å². The van der Waals surface area contributed by atoms with Crippen LogP contribution in [0.2, 0.25) is 0 Å². The van der Waals surface area contributed by atoms with E-state index in [4.69, 9.17) is 14.2 Å². The van der Waals surface area contributed by atoms with E-state index in [1.807, 2.05) is 20.8 Å². The maximum Gasteiger partial charge on any atom is 0.304 e. The third-order valence-corrected chi connectivity index (χ3v) is 5.70. The number of fused-ring (bicyclic) bond motifs is 1. The maximum absolute atomic E-state index is 13.1. The number of nitrogens with zero attached hydrogens (tertiary/aromatic N) is 1. The van der Waals surface area contributed by atoms with Gasteiger partial charge in [-0.1, -0.05) is 20.8 Å². The van der Waals surface area contributed by atoms with Crippen molar-refractivity contribution in [1.29, 1.82) is 5.26 Å². The van der Waals surface area contributed by atoms with Crippen LogP contribution in [0.3, 0.4) is 0 Å². The van der Waals surface area contributed by atoms with Crippen LogP contribution in [0.5, 0.6) is 0 Å². The molecule has 0 N–H and O–H groups in total. The highest BCUT2D eigenvalue weighted by atomic mass is 16.8. The molecule has 1 heterocycles. The molecule has 2 fully saturated rings. The van der Waals surface area contributed by atoms with Crippen molar-refractivity contribution in [3.8, 4) is 6.07 Å². The first kappa shape index (κ1) is 20.4. The molecule has 0 aromatic rings. The fourth-order valence-electron chi connectivity index (χ4n) is 4.21. The lowest BCUT2D eigenvalue weighted by Crippen LogP contribution is -2.54. The van der Waals surface area contributed by atoms with Crippen LogP contribution in [0.15, 0.2) is 0 Å². The molecule has 0 radical (unpaired) electrons. The van der Waals surface area contributed by atoms with Crippen molar-refractivity contribution in [3.05, 3.63) is 0 Å². The minimum absolute atomic E-state index is 0.0692. The second kappa shape index (κ2) is 7.75. The highest BCUT2D eigenvalue weighted by Crippen LogP contribution is 2.53. The van der Waals surface area contributed by atoms with Gasteiger partial charge in [-0.2, -0.15) is 5.26 Å². The Kier molecular flexibility index (Phi) is 6.07. The number of rotatable bonds is 3. The molecule has 1 aliphatic heterocycles. The van der Waals surface area contributed by atoms with E-state index in [2.05, 4.69) is 6.07 Å². The summed E-state index contributed by atoms with van der Waals surface area (Å²) in [6.07, 6.45) is -1.02. The largest absolute Gasteiger partial charge is 0.436 e. The van der Waals surface area contributed by atoms with Gasteiger partial charge in [0.2, 0.25) is 12.6 Å². The van der Waals surface area contributed by atoms with Gasteiger partial charge < -0.3 is 14.2 Å². The molecular weight excluding hydrogens is 338 g/mol. The topological polar surface area (TPSA) is 103 Å². The Morgan fingerprint density at radius 1 is 1.27 bits per heavy atom. The van der Waals surface area contributed by atoms with Gasteiger partial charge in [0.05, 0.1) is 17.9 Å². The summed E-state index contributed by atoms with van der Waals surface area (Å²) in [6, 6.07) is 2.35. The lowest BCUT2D eigenvalue weighted by atomic mass is 9.63. The van der Waals surface area contributed by atoms with Gasteiger partial charge in [0.25, 0.3) is 0 Å². The average Bonchev–Trinajstić information content (AvgIpc) is 2.59. The third kappa shape index (κ3) is 4.07. The van der Waals surface area contributed by atoms with E-state index < -0.39 is 41.8 Å². The van der Waals surface area contributed by atoms with E-state index in [1.165, 1.54) is 13.8 Å². The summed E-state index contributed by atoms with van der Waals surface area (Å²) in [5.41, 5.74) is -0.812. The van der Waals surface area contributed by atoms with E-state index in [-0.39, 0.29) is 24.0 Å². The van der Waals surface area contributed by atoms with Crippen molar-refractivity contribution >= 4 is 17.7 Å². The number of carbonyl (C=O) groups excluding carboxylic acids is 3. The van der Waals surface area contributed by atoms with E-state index in [0.29, 0.717) is 12.8 Å². The number of hydrogen-bond donors (Lipinski definition) is 0. The molecule has 0 unspecified atom stereocenters. The van der Waals surface area contributed by atoms with Gasteiger partial charge >= 0.3 is 11.9 Å². The number of ketones is 1. The summed E-state index contributed by atoms with van der Waals surface area (Å²) in [4.78, 5) is 36.0. The van der Waals surface area contributed by atoms with E-state index in [1.54, 1.807) is 0 Å². The number of hydrogen-bond acceptors (Lipinski definition) is 7. The third-order valence-electron chi connectivity index (χ3n) is 5.70. The SMILES string of the molecule is CC(=O)O[C@H]1C[C@@]2(C)[C@H](C(=O)C[C@@H](C(C)C)C[C@@H]2C#N)[C@H](OC(C)=O)O1. The zero-order valence-electron chi connectivity index (χ0n) is 16.0. The Bertz CT molecular complexity index is 624. The first-order valence-corrected chi connectivity index (χ1v) is 9.00. The molecule has 7 heteroatoms. The Morgan fingerprint density at radius 3 is 2.38 bits per heavy atom. The van der Waals surface area contributed by atoms with Gasteiger partial charge in [-0.25, -0.2) is 0 Å². The molecule has 2 aliphatic rings. The van der Waals surface area contributed by atoms with Crippen molar-refractivity contribution in [2.75, 3.05) is 0 Å². The van der Waals surface area contributed by atoms with Gasteiger partial charge in [0.15, 0.2) is 0 Å². The van der Waals surface area contributed by atoms with Crippen LogP contribution in [0.4, 0.5) is 0 Å². The summed E-state index contributed by atoms with van der Waals surface area (Å²) in [7, 11) is 0. The Balaban J connectivity index is 2.47. The standard InChI is InChI=1S/C19H27NO6/c1-10(2)13-6-14(9-20)19(5)8-16(24-11(3)21)26-18(25-12(4)22)17(19)15(23)7-13/h10,13-14,16-18H,6-8H2,1-5H3/t13-,14+,16+,17+,18+,19+/m0/s1. The number of esters is 2. The Hall–Kier alpha value is -1.94. The second-order valence-electron chi connectivity index (χ2n) is 7.93. The first-order valence-electron chi connectivity index (χ1n) is 9.00. The maximum atomic E-state index is 13.1. The summed E-state index contributed by atoms with van der Waals surface area (Å²) < 4.78 is 16.1. The van der Waals surface area contributed by atoms with Gasteiger partial charge in [-0.15, -0.1) is 0 Å². The minimum atomic E-state index is -1.16. The molecule has 144 valence electrons. The lowest BCUT2D eigenvalue weighted by molar-refractivity contribution is -0.294. The normalized spacial score (nSPS) is 37.3. The van der Waals surface area contributed by atoms with Crippen molar-refractivity contribution in [2.24, 2.45) is 29.1 Å². The molecule has 1 aliphatic carbocycles. The zero-order valence-corrected chi connectivity index (χ0v) is 16.0. The fraction of sp³-hybridized carbons (Fsp3) is 0.789. The molecule has 1 saturated carbocycles. The van der Waals surface area contributed by atoms with E-state index in [0.717, 1.165) is 0 Å². The van der Waals surface area contributed by atoms with Crippen LogP contribution >= 0.6 is 0 Å². The molecule has 2 rings (SSSR count). The van der Waals surface area contributed by atoms with Crippen molar-refractivity contribution in [3.63, 3.8) is 0 Å².